The van der Waals surface area contributed by atoms with Gasteiger partial charge in [-0.3, -0.25) is 14.2 Å². The number of ether oxygens (including phenoxy) is 2. The zero-order valence-electron chi connectivity index (χ0n) is 33.9. The third kappa shape index (κ3) is 39.0. The highest BCUT2D eigenvalue weighted by molar-refractivity contribution is 7.45. The molecule has 0 amide bonds. The predicted octanol–water partition coefficient (Wildman–Crippen LogP) is 10.4. The zero-order valence-corrected chi connectivity index (χ0v) is 34.8. The van der Waals surface area contributed by atoms with E-state index in [1.165, 1.54) is 12.8 Å². The number of hydrogen-bond donors (Lipinski definition) is 0. The van der Waals surface area contributed by atoms with Crippen LogP contribution in [0.4, 0.5) is 0 Å². The second-order valence-electron chi connectivity index (χ2n) is 14.3. The van der Waals surface area contributed by atoms with Crippen molar-refractivity contribution in [1.82, 2.24) is 0 Å². The molecule has 0 fully saturated rings. The van der Waals surface area contributed by atoms with Crippen LogP contribution in [0.15, 0.2) is 72.9 Å². The lowest BCUT2D eigenvalue weighted by atomic mass is 10.1. The Labute approximate surface area is 323 Å². The molecule has 0 bridgehead atoms. The lowest BCUT2D eigenvalue weighted by molar-refractivity contribution is -0.870. The van der Waals surface area contributed by atoms with E-state index in [1.807, 2.05) is 21.1 Å². The molecule has 1 unspecified atom stereocenters. The van der Waals surface area contributed by atoms with E-state index in [0.717, 1.165) is 83.5 Å². The summed E-state index contributed by atoms with van der Waals surface area (Å²) in [6, 6.07) is 0. The molecule has 0 aliphatic carbocycles. The predicted molar refractivity (Wildman–Crippen MR) is 217 cm³/mol. The summed E-state index contributed by atoms with van der Waals surface area (Å²) in [6.07, 6.45) is 42.2. The summed E-state index contributed by atoms with van der Waals surface area (Å²) in [5, 5.41) is 0. The van der Waals surface area contributed by atoms with Crippen LogP contribution in [0.3, 0.4) is 0 Å². The van der Waals surface area contributed by atoms with Gasteiger partial charge in [-0.2, -0.15) is 0 Å². The van der Waals surface area contributed by atoms with Crippen molar-refractivity contribution < 1.29 is 42.1 Å². The van der Waals surface area contributed by atoms with Gasteiger partial charge in [0, 0.05) is 12.8 Å². The van der Waals surface area contributed by atoms with E-state index < -0.39 is 32.5 Å². The number of allylic oxidation sites excluding steroid dienone is 12. The SMILES string of the molecule is CC/C=C/C/C=C/C/C=C/C/C=C/CCCCC(=O)OC[C@H](COP(=O)([O-])OCC[N+](C)(C)C)OC(=O)CCCCCCC/C=C/C/C=C/CCCC. The molecule has 0 aliphatic rings. The molecule has 0 spiro atoms. The molecule has 0 saturated heterocycles. The highest BCUT2D eigenvalue weighted by Gasteiger charge is 2.21. The molecular formula is C43H74NO8P. The summed E-state index contributed by atoms with van der Waals surface area (Å²) < 4.78 is 33.7. The number of quaternary nitrogens is 1. The van der Waals surface area contributed by atoms with Crippen molar-refractivity contribution in [2.24, 2.45) is 0 Å². The first-order valence-electron chi connectivity index (χ1n) is 20.1. The van der Waals surface area contributed by atoms with E-state index in [4.69, 9.17) is 18.5 Å². The van der Waals surface area contributed by atoms with Crippen LogP contribution in [0.1, 0.15) is 136 Å². The lowest BCUT2D eigenvalue weighted by Gasteiger charge is -2.28. The van der Waals surface area contributed by atoms with Gasteiger partial charge in [0.15, 0.2) is 6.10 Å². The minimum Gasteiger partial charge on any atom is -0.756 e. The standard InChI is InChI=1S/C43H74NO8P/c1-6-8-10-12-14-16-18-20-22-24-25-27-29-31-33-35-42(45)49-39-41(40-51-53(47,48)50-38-37-44(3,4)5)52-43(46)36-34-32-30-28-26-23-21-19-17-15-13-11-9-7-2/h8,10,13-16,19-22,25,27,41H,6-7,9,11-12,17-18,23-24,26,28-40H2,1-5H3/b10-8+,15-13+,16-14+,21-19+,22-20+,27-25+/t41-/m1/s1. The first-order chi connectivity index (χ1) is 25.5. The Hall–Kier alpha value is -2.55. The maximum atomic E-state index is 12.6. The zero-order chi connectivity index (χ0) is 39.3. The van der Waals surface area contributed by atoms with Crippen LogP contribution in [0.2, 0.25) is 0 Å². The Morgan fingerprint density at radius 1 is 0.604 bits per heavy atom. The number of phosphoric ester groups is 1. The van der Waals surface area contributed by atoms with Crippen LogP contribution in [-0.4, -0.2) is 70.0 Å². The molecule has 0 aromatic rings. The summed E-state index contributed by atoms with van der Waals surface area (Å²) in [5.74, 6) is -0.909. The second-order valence-corrected chi connectivity index (χ2v) is 15.7. The number of unbranched alkanes of at least 4 members (excludes halogenated alkanes) is 9. The molecule has 0 aliphatic heterocycles. The summed E-state index contributed by atoms with van der Waals surface area (Å²) in [4.78, 5) is 37.4. The Morgan fingerprint density at radius 3 is 1.64 bits per heavy atom. The van der Waals surface area contributed by atoms with Crippen molar-refractivity contribution >= 4 is 19.8 Å². The maximum Gasteiger partial charge on any atom is 0.306 e. The van der Waals surface area contributed by atoms with Crippen molar-refractivity contribution in [1.29, 1.82) is 0 Å². The van der Waals surface area contributed by atoms with Crippen molar-refractivity contribution in [2.45, 2.75) is 142 Å². The largest absolute Gasteiger partial charge is 0.756 e. The number of likely N-dealkylation sites (N-methyl/N-ethyl adjacent to an activating group) is 1. The monoisotopic (exact) mass is 764 g/mol. The maximum absolute atomic E-state index is 12.6. The lowest BCUT2D eigenvalue weighted by Crippen LogP contribution is -2.37. The van der Waals surface area contributed by atoms with Crippen molar-refractivity contribution in [3.8, 4) is 0 Å². The Bertz CT molecular complexity index is 1140. The Morgan fingerprint density at radius 2 is 1.08 bits per heavy atom. The average molecular weight is 764 g/mol. The molecule has 10 heteroatoms. The highest BCUT2D eigenvalue weighted by Crippen LogP contribution is 2.38. The molecule has 2 atom stereocenters. The van der Waals surface area contributed by atoms with Gasteiger partial charge in [-0.05, 0) is 77.0 Å². The van der Waals surface area contributed by atoms with E-state index in [9.17, 15) is 19.0 Å². The molecule has 0 N–H and O–H groups in total. The van der Waals surface area contributed by atoms with Gasteiger partial charge < -0.3 is 27.9 Å². The molecule has 0 saturated carbocycles. The molecule has 53 heavy (non-hydrogen) atoms. The summed E-state index contributed by atoms with van der Waals surface area (Å²) >= 11 is 0. The fraction of sp³-hybridized carbons (Fsp3) is 0.674. The quantitative estimate of drug-likeness (QED) is 0.0206. The van der Waals surface area contributed by atoms with Gasteiger partial charge in [0.25, 0.3) is 7.82 Å². The van der Waals surface area contributed by atoms with Crippen molar-refractivity contribution in [3.05, 3.63) is 72.9 Å². The molecule has 304 valence electrons. The minimum atomic E-state index is -4.64. The second kappa shape index (κ2) is 35.2. The third-order valence-corrected chi connectivity index (χ3v) is 8.92. The average Bonchev–Trinajstić information content (AvgIpc) is 3.10. The van der Waals surface area contributed by atoms with Gasteiger partial charge in [-0.1, -0.05) is 119 Å². The number of hydrogen-bond acceptors (Lipinski definition) is 8. The fourth-order valence-corrected chi connectivity index (χ4v) is 5.51. The van der Waals surface area contributed by atoms with Crippen LogP contribution in [0.25, 0.3) is 0 Å². The van der Waals surface area contributed by atoms with E-state index >= 15 is 0 Å². The molecule has 9 nitrogen and oxygen atoms in total. The van der Waals surface area contributed by atoms with Crippen molar-refractivity contribution in [2.75, 3.05) is 47.5 Å². The number of rotatable bonds is 35. The van der Waals surface area contributed by atoms with Crippen LogP contribution in [-0.2, 0) is 32.7 Å². The summed E-state index contributed by atoms with van der Waals surface area (Å²) in [6.45, 7) is 3.97. The Balaban J connectivity index is 4.53. The van der Waals surface area contributed by atoms with E-state index in [2.05, 4.69) is 86.8 Å². The van der Waals surface area contributed by atoms with Crippen molar-refractivity contribution in [3.63, 3.8) is 0 Å². The van der Waals surface area contributed by atoms with Gasteiger partial charge in [-0.25, -0.2) is 0 Å². The number of nitrogens with zero attached hydrogens (tertiary/aromatic N) is 1. The van der Waals surface area contributed by atoms with Crippen LogP contribution in [0, 0.1) is 0 Å². The first kappa shape index (κ1) is 50.5. The smallest absolute Gasteiger partial charge is 0.306 e. The van der Waals surface area contributed by atoms with E-state index in [-0.39, 0.29) is 26.1 Å². The number of phosphoric acid groups is 1. The molecule has 0 radical (unpaired) electrons. The summed E-state index contributed by atoms with van der Waals surface area (Å²) in [7, 11) is 1.12. The van der Waals surface area contributed by atoms with Crippen LogP contribution in [0.5, 0.6) is 0 Å². The highest BCUT2D eigenvalue weighted by atomic mass is 31.2. The van der Waals surface area contributed by atoms with Gasteiger partial charge >= 0.3 is 11.9 Å². The molecule has 0 heterocycles. The minimum absolute atomic E-state index is 0.0443. The molecule has 0 rings (SSSR count). The van der Waals surface area contributed by atoms with Gasteiger partial charge in [-0.15, -0.1) is 0 Å². The first-order valence-corrected chi connectivity index (χ1v) is 21.6. The van der Waals surface area contributed by atoms with E-state index in [1.54, 1.807) is 0 Å². The van der Waals surface area contributed by atoms with Gasteiger partial charge in [0.2, 0.25) is 0 Å². The third-order valence-electron chi connectivity index (χ3n) is 7.96. The van der Waals surface area contributed by atoms with Crippen LogP contribution >= 0.6 is 7.82 Å². The number of esters is 2. The van der Waals surface area contributed by atoms with E-state index in [0.29, 0.717) is 23.9 Å². The normalized spacial score (nSPS) is 14.5. The fourth-order valence-electron chi connectivity index (χ4n) is 4.78. The molecule has 0 aromatic carbocycles. The molecule has 0 aromatic heterocycles. The topological polar surface area (TPSA) is 111 Å². The Kier molecular flexibility index (Phi) is 33.5. The summed E-state index contributed by atoms with van der Waals surface area (Å²) in [5.41, 5.74) is 0. The molecular weight excluding hydrogens is 689 g/mol. The van der Waals surface area contributed by atoms with Gasteiger partial charge in [0.1, 0.15) is 19.8 Å². The van der Waals surface area contributed by atoms with Gasteiger partial charge in [0.05, 0.1) is 27.7 Å². The number of carbonyl (C=O) groups excluding carboxylic acids is 2. The number of carbonyl (C=O) groups is 2. The van der Waals surface area contributed by atoms with Crippen LogP contribution < -0.4 is 4.89 Å².